The van der Waals surface area contributed by atoms with Crippen molar-refractivity contribution in [3.8, 4) is 0 Å². The highest BCUT2D eigenvalue weighted by Crippen LogP contribution is 2.26. The average Bonchev–Trinajstić information content (AvgIpc) is 2.86. The van der Waals surface area contributed by atoms with Gasteiger partial charge in [-0.3, -0.25) is 9.48 Å². The van der Waals surface area contributed by atoms with E-state index in [1.165, 1.54) is 0 Å². The summed E-state index contributed by atoms with van der Waals surface area (Å²) < 4.78 is 12.1. The van der Waals surface area contributed by atoms with Gasteiger partial charge in [0.05, 0.1) is 25.0 Å². The van der Waals surface area contributed by atoms with Gasteiger partial charge < -0.3 is 9.47 Å². The van der Waals surface area contributed by atoms with Crippen LogP contribution in [0, 0.1) is 0 Å². The fraction of sp³-hybridized carbons (Fsp3) is 0.600. The highest BCUT2D eigenvalue weighted by atomic mass is 16.6. The Morgan fingerprint density at radius 1 is 1.73 bits per heavy atom. The zero-order valence-corrected chi connectivity index (χ0v) is 8.90. The number of aryl methyl sites for hydroxylation is 1. The molecule has 15 heavy (non-hydrogen) atoms. The predicted octanol–water partition coefficient (Wildman–Crippen LogP) is 0.408. The summed E-state index contributed by atoms with van der Waals surface area (Å²) in [5.41, 5.74) is -0.229. The first-order valence-corrected chi connectivity index (χ1v) is 4.84. The van der Waals surface area contributed by atoms with Gasteiger partial charge in [-0.2, -0.15) is 5.10 Å². The van der Waals surface area contributed by atoms with Crippen molar-refractivity contribution < 1.29 is 14.3 Å². The molecule has 0 amide bonds. The molecular weight excluding hydrogens is 196 g/mol. The molecule has 0 bridgehead atoms. The van der Waals surface area contributed by atoms with Crippen molar-refractivity contribution in [1.82, 2.24) is 9.78 Å². The monoisotopic (exact) mass is 210 g/mol. The number of hydrogen-bond acceptors (Lipinski definition) is 4. The van der Waals surface area contributed by atoms with E-state index >= 15 is 0 Å². The van der Waals surface area contributed by atoms with Crippen molar-refractivity contribution >= 4 is 5.78 Å². The third-order valence-corrected chi connectivity index (χ3v) is 2.76. The zero-order valence-electron chi connectivity index (χ0n) is 8.90. The van der Waals surface area contributed by atoms with Crippen LogP contribution in [0.5, 0.6) is 0 Å². The molecule has 1 aromatic rings. The van der Waals surface area contributed by atoms with Crippen LogP contribution in [0.15, 0.2) is 12.4 Å². The summed E-state index contributed by atoms with van der Waals surface area (Å²) in [5.74, 6) is -0.0457. The Kier molecular flexibility index (Phi) is 2.58. The lowest BCUT2D eigenvalue weighted by molar-refractivity contribution is -0.00339. The van der Waals surface area contributed by atoms with Crippen molar-refractivity contribution in [2.45, 2.75) is 12.0 Å². The highest BCUT2D eigenvalue weighted by Gasteiger charge is 2.43. The summed E-state index contributed by atoms with van der Waals surface area (Å²) >= 11 is 0. The Bertz CT molecular complexity index is 366. The van der Waals surface area contributed by atoms with E-state index in [9.17, 15) is 4.79 Å². The second kappa shape index (κ2) is 3.75. The lowest BCUT2D eigenvalue weighted by atomic mass is 9.93. The molecule has 0 spiro atoms. The molecule has 0 aromatic carbocycles. The van der Waals surface area contributed by atoms with E-state index < -0.39 is 5.60 Å². The van der Waals surface area contributed by atoms with Crippen molar-refractivity contribution in [3.63, 3.8) is 0 Å². The molecule has 1 aromatic heterocycles. The minimum atomic E-state index is -0.803. The van der Waals surface area contributed by atoms with Crippen LogP contribution in [0.3, 0.4) is 0 Å². The van der Waals surface area contributed by atoms with Crippen molar-refractivity contribution in [2.24, 2.45) is 7.05 Å². The summed E-state index contributed by atoms with van der Waals surface area (Å²) in [6.45, 7) is 0.900. The van der Waals surface area contributed by atoms with Gasteiger partial charge in [0.15, 0.2) is 11.4 Å². The molecule has 2 rings (SSSR count). The molecule has 1 saturated heterocycles. The molecule has 5 nitrogen and oxygen atoms in total. The predicted molar refractivity (Wildman–Crippen MR) is 52.7 cm³/mol. The summed E-state index contributed by atoms with van der Waals surface area (Å²) in [7, 11) is 3.32. The number of nitrogens with zero attached hydrogens (tertiary/aromatic N) is 2. The summed E-state index contributed by atoms with van der Waals surface area (Å²) in [4.78, 5) is 12.2. The topological polar surface area (TPSA) is 53.3 Å². The maximum Gasteiger partial charge on any atom is 0.200 e. The lowest BCUT2D eigenvalue weighted by Gasteiger charge is -2.22. The second-order valence-electron chi connectivity index (χ2n) is 3.73. The molecule has 0 radical (unpaired) electrons. The molecule has 0 saturated carbocycles. The van der Waals surface area contributed by atoms with Gasteiger partial charge in [0.1, 0.15) is 0 Å². The number of Topliss-reactive ketones (excluding diaryl/α,β-unsaturated/α-hetero) is 1. The summed E-state index contributed by atoms with van der Waals surface area (Å²) in [5, 5.41) is 3.97. The van der Waals surface area contributed by atoms with Crippen molar-refractivity contribution in [2.75, 3.05) is 20.3 Å². The van der Waals surface area contributed by atoms with Crippen molar-refractivity contribution in [3.05, 3.63) is 18.0 Å². The van der Waals surface area contributed by atoms with E-state index in [4.69, 9.17) is 9.47 Å². The largest absolute Gasteiger partial charge is 0.378 e. The molecule has 82 valence electrons. The molecule has 1 unspecified atom stereocenters. The second-order valence-corrected chi connectivity index (χ2v) is 3.73. The number of rotatable bonds is 3. The van der Waals surface area contributed by atoms with Gasteiger partial charge in [-0.05, 0) is 0 Å². The molecule has 5 heteroatoms. The first-order valence-electron chi connectivity index (χ1n) is 4.84. The molecule has 2 heterocycles. The van der Waals surface area contributed by atoms with Gasteiger partial charge >= 0.3 is 0 Å². The molecule has 1 fully saturated rings. The fourth-order valence-corrected chi connectivity index (χ4v) is 1.78. The van der Waals surface area contributed by atoms with Gasteiger partial charge in [0.25, 0.3) is 0 Å². The molecule has 0 N–H and O–H groups in total. The third kappa shape index (κ3) is 1.68. The summed E-state index contributed by atoms with van der Waals surface area (Å²) in [6, 6.07) is 0. The normalized spacial score (nSPS) is 25.7. The number of methoxy groups -OCH3 is 1. The first-order chi connectivity index (χ1) is 7.18. The average molecular weight is 210 g/mol. The number of aromatic nitrogens is 2. The van der Waals surface area contributed by atoms with Crippen molar-refractivity contribution in [1.29, 1.82) is 0 Å². The van der Waals surface area contributed by atoms with E-state index in [0.717, 1.165) is 0 Å². The maximum absolute atomic E-state index is 12.2. The van der Waals surface area contributed by atoms with Gasteiger partial charge in [-0.25, -0.2) is 0 Å². The van der Waals surface area contributed by atoms with Crippen LogP contribution >= 0.6 is 0 Å². The molecule has 0 aliphatic carbocycles. The molecule has 1 aliphatic heterocycles. The van der Waals surface area contributed by atoms with E-state index in [0.29, 0.717) is 25.2 Å². The summed E-state index contributed by atoms with van der Waals surface area (Å²) in [6.07, 6.45) is 3.86. The first kappa shape index (κ1) is 10.3. The minimum Gasteiger partial charge on any atom is -0.378 e. The van der Waals surface area contributed by atoms with E-state index in [-0.39, 0.29) is 5.78 Å². The molecule has 1 aliphatic rings. The Balaban J connectivity index is 2.26. The van der Waals surface area contributed by atoms with Crippen LogP contribution < -0.4 is 0 Å². The van der Waals surface area contributed by atoms with Crippen LogP contribution in [-0.4, -0.2) is 41.5 Å². The fourth-order valence-electron chi connectivity index (χ4n) is 1.78. The maximum atomic E-state index is 12.2. The van der Waals surface area contributed by atoms with E-state index in [1.807, 2.05) is 0 Å². The Labute approximate surface area is 88.0 Å². The lowest BCUT2D eigenvalue weighted by Crippen LogP contribution is -2.41. The van der Waals surface area contributed by atoms with Crippen LogP contribution in [-0.2, 0) is 16.5 Å². The number of carbonyl (C=O) groups is 1. The van der Waals surface area contributed by atoms with Gasteiger partial charge in [-0.1, -0.05) is 0 Å². The van der Waals surface area contributed by atoms with Crippen LogP contribution in [0.2, 0.25) is 0 Å². The number of ether oxygens (including phenoxy) is 2. The van der Waals surface area contributed by atoms with Gasteiger partial charge in [-0.15, -0.1) is 0 Å². The third-order valence-electron chi connectivity index (χ3n) is 2.76. The van der Waals surface area contributed by atoms with E-state index in [1.54, 1.807) is 31.2 Å². The quantitative estimate of drug-likeness (QED) is 0.678. The number of carbonyl (C=O) groups excluding carboxylic acids is 1. The van der Waals surface area contributed by atoms with Crippen LogP contribution in [0.1, 0.15) is 16.8 Å². The minimum absolute atomic E-state index is 0.0457. The smallest absolute Gasteiger partial charge is 0.200 e. The standard InChI is InChI=1S/C10H14N2O3/c1-12-6-8(5-11-12)9(13)10(14-2)3-4-15-7-10/h5-6H,3-4,7H2,1-2H3. The number of ketones is 1. The highest BCUT2D eigenvalue weighted by molar-refractivity contribution is 6.02. The zero-order chi connectivity index (χ0) is 10.9. The van der Waals surface area contributed by atoms with E-state index in [2.05, 4.69) is 5.10 Å². The Morgan fingerprint density at radius 2 is 2.53 bits per heavy atom. The van der Waals surface area contributed by atoms with Crippen LogP contribution in [0.4, 0.5) is 0 Å². The van der Waals surface area contributed by atoms with Crippen LogP contribution in [0.25, 0.3) is 0 Å². The SMILES string of the molecule is COC1(C(=O)c2cnn(C)c2)CCOC1. The molecule has 1 atom stereocenters. The Hall–Kier alpha value is -1.20. The Morgan fingerprint density at radius 3 is 3.00 bits per heavy atom. The number of hydrogen-bond donors (Lipinski definition) is 0. The van der Waals surface area contributed by atoms with Gasteiger partial charge in [0, 0.05) is 26.8 Å². The van der Waals surface area contributed by atoms with Gasteiger partial charge in [0.2, 0.25) is 0 Å². The molecular formula is C10H14N2O3.